The second kappa shape index (κ2) is 3.97. The number of phenolic OH excluding ortho intramolecular Hbond substituents is 1. The number of nitrogens with one attached hydrogen (secondary N) is 1. The molecular weight excluding hydrogens is 281 g/mol. The van der Waals surface area contributed by atoms with Gasteiger partial charge in [-0.15, -0.1) is 0 Å². The highest BCUT2D eigenvalue weighted by Crippen LogP contribution is 2.44. The first-order valence-electron chi connectivity index (χ1n) is 7.09. The third-order valence-electron chi connectivity index (χ3n) is 4.53. The van der Waals surface area contributed by atoms with Crippen LogP contribution < -0.4 is 0 Å². The Morgan fingerprint density at radius 2 is 1.91 bits per heavy atom. The molecule has 0 unspecified atom stereocenters. The quantitative estimate of drug-likeness (QED) is 0.661. The van der Waals surface area contributed by atoms with Crippen molar-refractivity contribution in [1.29, 1.82) is 0 Å². The van der Waals surface area contributed by atoms with Crippen molar-refractivity contribution in [3.8, 4) is 5.75 Å². The van der Waals surface area contributed by atoms with E-state index in [1.807, 2.05) is 13.8 Å². The van der Waals surface area contributed by atoms with Gasteiger partial charge < -0.3 is 10.1 Å². The van der Waals surface area contributed by atoms with Crippen molar-refractivity contribution in [2.75, 3.05) is 0 Å². The van der Waals surface area contributed by atoms with E-state index < -0.39 is 5.41 Å². The first kappa shape index (κ1) is 13.1. The van der Waals surface area contributed by atoms with Gasteiger partial charge in [-0.1, -0.05) is 13.8 Å². The van der Waals surface area contributed by atoms with Gasteiger partial charge in [0, 0.05) is 27.6 Å². The zero-order chi connectivity index (χ0) is 15.6. The van der Waals surface area contributed by atoms with E-state index in [4.69, 9.17) is 0 Å². The summed E-state index contributed by atoms with van der Waals surface area (Å²) in [7, 11) is 0. The highest BCUT2D eigenvalue weighted by Gasteiger charge is 2.39. The van der Waals surface area contributed by atoms with Gasteiger partial charge in [0.05, 0.1) is 5.56 Å². The molecule has 0 radical (unpaired) electrons. The lowest BCUT2D eigenvalue weighted by molar-refractivity contribution is 0.103. The molecule has 0 saturated carbocycles. The third-order valence-corrected chi connectivity index (χ3v) is 4.53. The predicted molar refractivity (Wildman–Crippen MR) is 81.9 cm³/mol. The van der Waals surface area contributed by atoms with Gasteiger partial charge in [0.25, 0.3) is 0 Å². The molecule has 2 aromatic carbocycles. The number of hydrogen-bond donors (Lipinski definition) is 2. The zero-order valence-electron chi connectivity index (χ0n) is 12.2. The predicted octanol–water partition coefficient (Wildman–Crippen LogP) is 3.88. The van der Waals surface area contributed by atoms with Crippen molar-refractivity contribution in [1.82, 2.24) is 4.98 Å². The molecular formula is C18H14FNO2. The van der Waals surface area contributed by atoms with Crippen molar-refractivity contribution in [3.05, 3.63) is 64.6 Å². The third kappa shape index (κ3) is 1.52. The van der Waals surface area contributed by atoms with E-state index in [-0.39, 0.29) is 17.3 Å². The highest BCUT2D eigenvalue weighted by molar-refractivity contribution is 6.20. The second-order valence-corrected chi connectivity index (χ2v) is 6.25. The zero-order valence-corrected chi connectivity index (χ0v) is 12.2. The van der Waals surface area contributed by atoms with Crippen molar-refractivity contribution in [2.45, 2.75) is 19.3 Å². The molecule has 2 N–H and O–H groups in total. The Kier molecular flexibility index (Phi) is 2.36. The Morgan fingerprint density at radius 1 is 1.14 bits per heavy atom. The lowest BCUT2D eigenvalue weighted by Gasteiger charge is -2.32. The molecule has 0 spiro atoms. The van der Waals surface area contributed by atoms with Gasteiger partial charge in [0.15, 0.2) is 5.78 Å². The molecule has 0 fully saturated rings. The van der Waals surface area contributed by atoms with Gasteiger partial charge in [-0.25, -0.2) is 4.39 Å². The molecule has 1 aromatic heterocycles. The van der Waals surface area contributed by atoms with Gasteiger partial charge in [0.2, 0.25) is 0 Å². The number of halogens is 1. The molecule has 0 atom stereocenters. The Labute approximate surface area is 126 Å². The van der Waals surface area contributed by atoms with Crippen LogP contribution in [0, 0.1) is 5.82 Å². The number of aromatic nitrogens is 1. The normalized spacial score (nSPS) is 15.7. The summed E-state index contributed by atoms with van der Waals surface area (Å²) in [4.78, 5) is 16.1. The van der Waals surface area contributed by atoms with Crippen LogP contribution in [0.5, 0.6) is 5.75 Å². The summed E-state index contributed by atoms with van der Waals surface area (Å²) in [6.07, 6.45) is 0. The molecule has 110 valence electrons. The molecule has 1 aliphatic carbocycles. The first-order valence-corrected chi connectivity index (χ1v) is 7.09. The maximum atomic E-state index is 13.5. The van der Waals surface area contributed by atoms with Crippen molar-refractivity contribution in [3.63, 3.8) is 0 Å². The summed E-state index contributed by atoms with van der Waals surface area (Å²) < 4.78 is 13.5. The minimum Gasteiger partial charge on any atom is -0.508 e. The van der Waals surface area contributed by atoms with Crippen LogP contribution in [-0.2, 0) is 5.41 Å². The molecule has 4 heteroatoms. The molecule has 0 saturated heterocycles. The number of carbonyl (C=O) groups excluding carboxylic acids is 1. The fourth-order valence-electron chi connectivity index (χ4n) is 3.39. The van der Waals surface area contributed by atoms with E-state index in [0.717, 1.165) is 16.6 Å². The lowest BCUT2D eigenvalue weighted by atomic mass is 9.71. The minimum absolute atomic E-state index is 0.0952. The fourth-order valence-corrected chi connectivity index (χ4v) is 3.39. The highest BCUT2D eigenvalue weighted by atomic mass is 19.1. The van der Waals surface area contributed by atoms with Crippen LogP contribution in [0.1, 0.15) is 41.0 Å². The largest absolute Gasteiger partial charge is 0.508 e. The smallest absolute Gasteiger partial charge is 0.195 e. The van der Waals surface area contributed by atoms with Crippen LogP contribution in [0.3, 0.4) is 0 Å². The van der Waals surface area contributed by atoms with Crippen LogP contribution in [-0.4, -0.2) is 15.9 Å². The van der Waals surface area contributed by atoms with Crippen LogP contribution in [0.4, 0.5) is 4.39 Å². The van der Waals surface area contributed by atoms with Gasteiger partial charge in [-0.2, -0.15) is 0 Å². The maximum absolute atomic E-state index is 13.5. The number of rotatable bonds is 0. The average Bonchev–Trinajstić information content (AvgIpc) is 2.84. The van der Waals surface area contributed by atoms with E-state index in [1.165, 1.54) is 18.2 Å². The second-order valence-electron chi connectivity index (χ2n) is 6.25. The summed E-state index contributed by atoms with van der Waals surface area (Å²) in [6, 6.07) is 9.20. The monoisotopic (exact) mass is 295 g/mol. The summed E-state index contributed by atoms with van der Waals surface area (Å²) >= 11 is 0. The number of ketones is 1. The lowest BCUT2D eigenvalue weighted by Crippen LogP contribution is -2.30. The fraction of sp³-hybridized carbons (Fsp3) is 0.167. The van der Waals surface area contributed by atoms with Gasteiger partial charge in [0.1, 0.15) is 11.6 Å². The number of benzene rings is 2. The number of fused-ring (bicyclic) bond motifs is 4. The molecule has 0 aliphatic heterocycles. The average molecular weight is 295 g/mol. The van der Waals surface area contributed by atoms with Gasteiger partial charge in [-0.3, -0.25) is 4.79 Å². The molecule has 1 aliphatic rings. The first-order chi connectivity index (χ1) is 10.4. The summed E-state index contributed by atoms with van der Waals surface area (Å²) in [5, 5.41) is 10.5. The minimum atomic E-state index is -0.479. The molecule has 22 heavy (non-hydrogen) atoms. The maximum Gasteiger partial charge on any atom is 0.195 e. The van der Waals surface area contributed by atoms with Crippen LogP contribution in [0.2, 0.25) is 0 Å². The Balaban J connectivity index is 2.12. The van der Waals surface area contributed by atoms with E-state index in [9.17, 15) is 14.3 Å². The van der Waals surface area contributed by atoms with Gasteiger partial charge in [-0.05, 0) is 42.0 Å². The topological polar surface area (TPSA) is 53.1 Å². The number of H-pyrrole nitrogens is 1. The Morgan fingerprint density at radius 3 is 2.68 bits per heavy atom. The number of aromatic amines is 1. The van der Waals surface area contributed by atoms with E-state index in [1.54, 1.807) is 18.2 Å². The standard InChI is InChI=1S/C18H14FNO2/c1-18(2)13-8-10(21)4-6-11(13)16(22)15-12-5-3-9(19)7-14(12)20-17(15)18/h3-8,20-21H,1-2H3. The van der Waals surface area contributed by atoms with Crippen molar-refractivity contribution in [2.24, 2.45) is 0 Å². The molecule has 1 heterocycles. The SMILES string of the molecule is CC1(C)c2cc(O)ccc2C(=O)c2c1[nH]c1cc(F)ccc21. The Bertz CT molecular complexity index is 953. The molecule has 3 aromatic rings. The van der Waals surface area contributed by atoms with E-state index in [0.29, 0.717) is 16.6 Å². The molecule has 0 bridgehead atoms. The number of carbonyl (C=O) groups is 1. The molecule has 4 rings (SSSR count). The van der Waals surface area contributed by atoms with Crippen LogP contribution in [0.15, 0.2) is 36.4 Å². The number of hydrogen-bond acceptors (Lipinski definition) is 2. The van der Waals surface area contributed by atoms with Crippen LogP contribution >= 0.6 is 0 Å². The Hall–Kier alpha value is -2.62. The van der Waals surface area contributed by atoms with E-state index in [2.05, 4.69) is 4.98 Å². The molecule has 0 amide bonds. The van der Waals surface area contributed by atoms with Crippen molar-refractivity contribution < 1.29 is 14.3 Å². The van der Waals surface area contributed by atoms with E-state index >= 15 is 0 Å². The summed E-state index contributed by atoms with van der Waals surface area (Å²) in [5.74, 6) is -0.307. The summed E-state index contributed by atoms with van der Waals surface area (Å²) in [6.45, 7) is 3.98. The number of aromatic hydroxyl groups is 1. The summed E-state index contributed by atoms with van der Waals surface area (Å²) in [5.41, 5.74) is 2.85. The van der Waals surface area contributed by atoms with Gasteiger partial charge >= 0.3 is 0 Å². The molecule has 3 nitrogen and oxygen atoms in total. The van der Waals surface area contributed by atoms with Crippen molar-refractivity contribution >= 4 is 16.7 Å². The number of phenols is 1. The van der Waals surface area contributed by atoms with Crippen LogP contribution in [0.25, 0.3) is 10.9 Å².